The van der Waals surface area contributed by atoms with Gasteiger partial charge in [0.2, 0.25) is 11.8 Å². The molecule has 122 valence electrons. The molecule has 5 heteroatoms. The van der Waals surface area contributed by atoms with Crippen molar-refractivity contribution in [3.05, 3.63) is 47.2 Å². The van der Waals surface area contributed by atoms with E-state index in [2.05, 4.69) is 27.8 Å². The van der Waals surface area contributed by atoms with E-state index in [1.54, 1.807) is 19.4 Å². The van der Waals surface area contributed by atoms with Gasteiger partial charge in [0.1, 0.15) is 6.04 Å². The van der Waals surface area contributed by atoms with Crippen molar-refractivity contribution in [1.82, 2.24) is 4.98 Å². The Hall–Kier alpha value is -2.56. The number of carbonyl (C=O) groups excluding carboxylic acids is 1. The molecule has 0 bridgehead atoms. The van der Waals surface area contributed by atoms with Gasteiger partial charge < -0.3 is 15.4 Å². The number of rotatable bonds is 5. The van der Waals surface area contributed by atoms with Crippen LogP contribution in [-0.2, 0) is 4.79 Å². The fourth-order valence-corrected chi connectivity index (χ4v) is 2.51. The molecule has 0 radical (unpaired) electrons. The summed E-state index contributed by atoms with van der Waals surface area (Å²) in [6.45, 7) is 7.87. The topological polar surface area (TPSA) is 63.2 Å². The molecule has 0 aliphatic rings. The van der Waals surface area contributed by atoms with Gasteiger partial charge >= 0.3 is 0 Å². The minimum atomic E-state index is -0.384. The van der Waals surface area contributed by atoms with E-state index in [1.807, 2.05) is 33.8 Å². The maximum absolute atomic E-state index is 12.4. The third-order valence-electron chi connectivity index (χ3n) is 3.65. The Balaban J connectivity index is 2.05. The molecule has 1 amide bonds. The highest BCUT2D eigenvalue weighted by Crippen LogP contribution is 2.22. The molecule has 2 N–H and O–H groups in total. The Morgan fingerprint density at radius 1 is 1.17 bits per heavy atom. The number of aryl methyl sites for hydroxylation is 3. The number of anilines is 2. The van der Waals surface area contributed by atoms with E-state index in [9.17, 15) is 4.79 Å². The maximum Gasteiger partial charge on any atom is 0.246 e. The zero-order chi connectivity index (χ0) is 17.0. The molecule has 0 fully saturated rings. The Kier molecular flexibility index (Phi) is 5.21. The van der Waals surface area contributed by atoms with Crippen LogP contribution in [0.15, 0.2) is 30.5 Å². The van der Waals surface area contributed by atoms with Crippen molar-refractivity contribution in [3.8, 4) is 5.88 Å². The van der Waals surface area contributed by atoms with Crippen molar-refractivity contribution in [3.63, 3.8) is 0 Å². The Labute approximate surface area is 137 Å². The van der Waals surface area contributed by atoms with Gasteiger partial charge in [0.25, 0.3) is 0 Å². The molecule has 5 nitrogen and oxygen atoms in total. The van der Waals surface area contributed by atoms with Gasteiger partial charge in [-0.05, 0) is 44.9 Å². The molecule has 2 rings (SSSR count). The van der Waals surface area contributed by atoms with Gasteiger partial charge in [-0.3, -0.25) is 4.79 Å². The summed E-state index contributed by atoms with van der Waals surface area (Å²) in [5, 5.41) is 6.14. The molecule has 0 aliphatic carbocycles. The average molecular weight is 313 g/mol. The summed E-state index contributed by atoms with van der Waals surface area (Å²) in [7, 11) is 1.57. The summed E-state index contributed by atoms with van der Waals surface area (Å²) in [5.74, 6) is 0.453. The van der Waals surface area contributed by atoms with Crippen molar-refractivity contribution >= 4 is 17.3 Å². The summed E-state index contributed by atoms with van der Waals surface area (Å²) in [6, 6.07) is 7.33. The Bertz CT molecular complexity index is 673. The Morgan fingerprint density at radius 2 is 1.83 bits per heavy atom. The molecule has 1 heterocycles. The second kappa shape index (κ2) is 7.13. The minimum absolute atomic E-state index is 0.0872. The standard InChI is InChI=1S/C18H23N3O2/c1-11-8-12(2)17(13(3)9-11)21-18(22)14(4)20-15-6-7-16(23-5)19-10-15/h6-10,14,20H,1-5H3,(H,21,22)/t14-/m1/s1. The molecular formula is C18H23N3O2. The lowest BCUT2D eigenvalue weighted by Crippen LogP contribution is -2.32. The summed E-state index contributed by atoms with van der Waals surface area (Å²) >= 11 is 0. The van der Waals surface area contributed by atoms with E-state index in [-0.39, 0.29) is 11.9 Å². The summed E-state index contributed by atoms with van der Waals surface area (Å²) in [5.41, 5.74) is 4.96. The molecule has 1 aromatic heterocycles. The van der Waals surface area contributed by atoms with Gasteiger partial charge in [0, 0.05) is 11.8 Å². The van der Waals surface area contributed by atoms with Gasteiger partial charge in [-0.15, -0.1) is 0 Å². The second-order valence-electron chi connectivity index (χ2n) is 5.72. The SMILES string of the molecule is COc1ccc(N[C@H](C)C(=O)Nc2c(C)cc(C)cc2C)cn1. The number of benzene rings is 1. The van der Waals surface area contributed by atoms with Crippen molar-refractivity contribution in [1.29, 1.82) is 0 Å². The molecule has 1 aromatic carbocycles. The lowest BCUT2D eigenvalue weighted by Gasteiger charge is -2.18. The van der Waals surface area contributed by atoms with Crippen LogP contribution in [0.5, 0.6) is 5.88 Å². The number of hydrogen-bond acceptors (Lipinski definition) is 4. The number of methoxy groups -OCH3 is 1. The zero-order valence-corrected chi connectivity index (χ0v) is 14.2. The number of aromatic nitrogens is 1. The number of hydrogen-bond donors (Lipinski definition) is 2. The predicted octanol–water partition coefficient (Wildman–Crippen LogP) is 3.45. The van der Waals surface area contributed by atoms with E-state index in [1.165, 1.54) is 5.56 Å². The van der Waals surface area contributed by atoms with Crippen LogP contribution in [0.4, 0.5) is 11.4 Å². The van der Waals surface area contributed by atoms with Crippen LogP contribution in [-0.4, -0.2) is 24.0 Å². The van der Waals surface area contributed by atoms with Crippen LogP contribution in [0.2, 0.25) is 0 Å². The fourth-order valence-electron chi connectivity index (χ4n) is 2.51. The van der Waals surface area contributed by atoms with Crippen molar-refractivity contribution in [2.24, 2.45) is 0 Å². The lowest BCUT2D eigenvalue weighted by molar-refractivity contribution is -0.116. The van der Waals surface area contributed by atoms with E-state index < -0.39 is 0 Å². The minimum Gasteiger partial charge on any atom is -0.481 e. The first-order chi connectivity index (χ1) is 10.9. The first-order valence-corrected chi connectivity index (χ1v) is 7.56. The van der Waals surface area contributed by atoms with E-state index >= 15 is 0 Å². The predicted molar refractivity (Wildman–Crippen MR) is 93.2 cm³/mol. The van der Waals surface area contributed by atoms with Crippen LogP contribution in [0.3, 0.4) is 0 Å². The van der Waals surface area contributed by atoms with Gasteiger partial charge in [-0.25, -0.2) is 4.98 Å². The third kappa shape index (κ3) is 4.22. The molecule has 0 saturated carbocycles. The van der Waals surface area contributed by atoms with Crippen molar-refractivity contribution in [2.75, 3.05) is 17.7 Å². The van der Waals surface area contributed by atoms with E-state index in [0.717, 1.165) is 22.5 Å². The zero-order valence-electron chi connectivity index (χ0n) is 14.2. The van der Waals surface area contributed by atoms with Crippen LogP contribution in [0.1, 0.15) is 23.6 Å². The third-order valence-corrected chi connectivity index (χ3v) is 3.65. The first kappa shape index (κ1) is 16.8. The lowest BCUT2D eigenvalue weighted by atomic mass is 10.0. The number of ether oxygens (including phenoxy) is 1. The molecule has 1 atom stereocenters. The average Bonchev–Trinajstić information content (AvgIpc) is 2.51. The van der Waals surface area contributed by atoms with Crippen molar-refractivity contribution in [2.45, 2.75) is 33.7 Å². The molecule has 23 heavy (non-hydrogen) atoms. The maximum atomic E-state index is 12.4. The highest BCUT2D eigenvalue weighted by atomic mass is 16.5. The molecule has 2 aromatic rings. The number of amides is 1. The number of pyridine rings is 1. The normalized spacial score (nSPS) is 11.7. The monoisotopic (exact) mass is 313 g/mol. The van der Waals surface area contributed by atoms with Crippen molar-refractivity contribution < 1.29 is 9.53 Å². The summed E-state index contributed by atoms with van der Waals surface area (Å²) in [6.07, 6.45) is 1.64. The van der Waals surface area contributed by atoms with E-state index in [4.69, 9.17) is 4.74 Å². The van der Waals surface area contributed by atoms with Crippen LogP contribution in [0, 0.1) is 20.8 Å². The van der Waals surface area contributed by atoms with Gasteiger partial charge in [0.05, 0.1) is 19.0 Å². The van der Waals surface area contributed by atoms with Gasteiger partial charge in [-0.2, -0.15) is 0 Å². The largest absolute Gasteiger partial charge is 0.481 e. The van der Waals surface area contributed by atoms with E-state index in [0.29, 0.717) is 5.88 Å². The quantitative estimate of drug-likeness (QED) is 0.887. The first-order valence-electron chi connectivity index (χ1n) is 7.56. The smallest absolute Gasteiger partial charge is 0.246 e. The number of nitrogens with one attached hydrogen (secondary N) is 2. The van der Waals surface area contributed by atoms with Crippen LogP contribution >= 0.6 is 0 Å². The Morgan fingerprint density at radius 3 is 2.35 bits per heavy atom. The second-order valence-corrected chi connectivity index (χ2v) is 5.72. The number of nitrogens with zero attached hydrogens (tertiary/aromatic N) is 1. The summed E-state index contributed by atoms with van der Waals surface area (Å²) in [4.78, 5) is 16.5. The molecule has 0 aliphatic heterocycles. The summed E-state index contributed by atoms with van der Waals surface area (Å²) < 4.78 is 5.02. The van der Waals surface area contributed by atoms with Gasteiger partial charge in [-0.1, -0.05) is 17.7 Å². The molecule has 0 spiro atoms. The number of carbonyl (C=O) groups is 1. The molecular weight excluding hydrogens is 290 g/mol. The highest BCUT2D eigenvalue weighted by molar-refractivity contribution is 5.97. The van der Waals surface area contributed by atoms with Crippen LogP contribution < -0.4 is 15.4 Å². The van der Waals surface area contributed by atoms with Gasteiger partial charge in [0.15, 0.2) is 0 Å². The fraction of sp³-hybridized carbons (Fsp3) is 0.333. The molecule has 0 saturated heterocycles. The highest BCUT2D eigenvalue weighted by Gasteiger charge is 2.15. The van der Waals surface area contributed by atoms with Crippen LogP contribution in [0.25, 0.3) is 0 Å². The molecule has 0 unspecified atom stereocenters.